The van der Waals surface area contributed by atoms with Crippen molar-refractivity contribution in [3.8, 4) is 0 Å². The standard InChI is InChI=1S/C13H21N3O/c1-10-8-11(14)9-15-13(10)16(6-3-7-17)12-4-2-5-12/h8-9,12,17H,2-7,14H2,1H3. The molecule has 1 aliphatic rings. The van der Waals surface area contributed by atoms with E-state index in [0.717, 1.165) is 24.3 Å². The molecule has 0 atom stereocenters. The Morgan fingerprint density at radius 1 is 1.53 bits per heavy atom. The van der Waals surface area contributed by atoms with Crippen LogP contribution in [0.1, 0.15) is 31.2 Å². The number of aliphatic hydroxyl groups excluding tert-OH is 1. The molecule has 4 nitrogen and oxygen atoms in total. The average Bonchev–Trinajstić information content (AvgIpc) is 2.22. The molecule has 0 bridgehead atoms. The molecule has 0 aliphatic heterocycles. The summed E-state index contributed by atoms with van der Waals surface area (Å²) in [6.07, 6.45) is 6.27. The highest BCUT2D eigenvalue weighted by Crippen LogP contribution is 2.30. The Hall–Kier alpha value is -1.29. The van der Waals surface area contributed by atoms with Crippen LogP contribution in [0.4, 0.5) is 11.5 Å². The molecule has 0 radical (unpaired) electrons. The van der Waals surface area contributed by atoms with Crippen molar-refractivity contribution in [2.45, 2.75) is 38.6 Å². The van der Waals surface area contributed by atoms with Crippen LogP contribution < -0.4 is 10.6 Å². The van der Waals surface area contributed by atoms with Gasteiger partial charge in [-0.1, -0.05) is 0 Å². The minimum atomic E-state index is 0.233. The highest BCUT2D eigenvalue weighted by atomic mass is 16.3. The van der Waals surface area contributed by atoms with Gasteiger partial charge in [0, 0.05) is 19.2 Å². The number of nitrogen functional groups attached to an aromatic ring is 1. The van der Waals surface area contributed by atoms with Crippen molar-refractivity contribution >= 4 is 11.5 Å². The third-order valence-electron chi connectivity index (χ3n) is 3.42. The smallest absolute Gasteiger partial charge is 0.131 e. The first-order valence-corrected chi connectivity index (χ1v) is 6.32. The predicted molar refractivity (Wildman–Crippen MR) is 70.1 cm³/mol. The molecule has 1 aliphatic carbocycles. The molecule has 1 saturated carbocycles. The topological polar surface area (TPSA) is 62.4 Å². The first-order valence-electron chi connectivity index (χ1n) is 6.32. The van der Waals surface area contributed by atoms with E-state index in [4.69, 9.17) is 10.8 Å². The lowest BCUT2D eigenvalue weighted by molar-refractivity contribution is 0.282. The summed E-state index contributed by atoms with van der Waals surface area (Å²) in [5, 5.41) is 8.98. The fourth-order valence-electron chi connectivity index (χ4n) is 2.29. The van der Waals surface area contributed by atoms with Crippen LogP contribution in [0, 0.1) is 6.92 Å². The van der Waals surface area contributed by atoms with E-state index in [1.54, 1.807) is 6.20 Å². The highest BCUT2D eigenvalue weighted by molar-refractivity contribution is 5.53. The van der Waals surface area contributed by atoms with E-state index in [1.165, 1.54) is 19.3 Å². The van der Waals surface area contributed by atoms with Gasteiger partial charge in [-0.25, -0.2) is 4.98 Å². The van der Waals surface area contributed by atoms with Crippen LogP contribution in [0.3, 0.4) is 0 Å². The van der Waals surface area contributed by atoms with Gasteiger partial charge in [0.25, 0.3) is 0 Å². The number of anilines is 2. The lowest BCUT2D eigenvalue weighted by Crippen LogP contribution is -2.42. The predicted octanol–water partition coefficient (Wildman–Crippen LogP) is 1.71. The first kappa shape index (κ1) is 12.2. The third kappa shape index (κ3) is 2.69. The van der Waals surface area contributed by atoms with Crippen LogP contribution in [-0.2, 0) is 0 Å². The Labute approximate surface area is 102 Å². The number of hydrogen-bond donors (Lipinski definition) is 2. The molecular formula is C13H21N3O. The van der Waals surface area contributed by atoms with Gasteiger partial charge in [-0.15, -0.1) is 0 Å². The molecule has 94 valence electrons. The summed E-state index contributed by atoms with van der Waals surface area (Å²) in [5.41, 5.74) is 7.56. The van der Waals surface area contributed by atoms with E-state index >= 15 is 0 Å². The molecule has 1 heterocycles. The summed E-state index contributed by atoms with van der Waals surface area (Å²) >= 11 is 0. The maximum Gasteiger partial charge on any atom is 0.131 e. The molecule has 0 unspecified atom stereocenters. The summed E-state index contributed by atoms with van der Waals surface area (Å²) in [6, 6.07) is 2.56. The van der Waals surface area contributed by atoms with Crippen molar-refractivity contribution in [3.05, 3.63) is 17.8 Å². The molecule has 4 heteroatoms. The molecule has 0 amide bonds. The fraction of sp³-hybridized carbons (Fsp3) is 0.615. The van der Waals surface area contributed by atoms with Crippen LogP contribution in [0.25, 0.3) is 0 Å². The number of aliphatic hydroxyl groups is 1. The van der Waals surface area contributed by atoms with Crippen molar-refractivity contribution in [3.63, 3.8) is 0 Å². The summed E-state index contributed by atoms with van der Waals surface area (Å²) in [4.78, 5) is 6.78. The lowest BCUT2D eigenvalue weighted by Gasteiger charge is -2.39. The second kappa shape index (κ2) is 5.36. The summed E-state index contributed by atoms with van der Waals surface area (Å²) in [6.45, 7) is 3.15. The molecule has 0 spiro atoms. The van der Waals surface area contributed by atoms with Gasteiger partial charge in [0.05, 0.1) is 11.9 Å². The van der Waals surface area contributed by atoms with E-state index in [9.17, 15) is 0 Å². The third-order valence-corrected chi connectivity index (χ3v) is 3.42. The highest BCUT2D eigenvalue weighted by Gasteiger charge is 2.26. The van der Waals surface area contributed by atoms with Crippen molar-refractivity contribution in [1.82, 2.24) is 4.98 Å². The minimum Gasteiger partial charge on any atom is -0.397 e. The van der Waals surface area contributed by atoms with E-state index in [-0.39, 0.29) is 6.61 Å². The Morgan fingerprint density at radius 3 is 2.82 bits per heavy atom. The molecule has 0 aromatic carbocycles. The van der Waals surface area contributed by atoms with Crippen LogP contribution in [-0.4, -0.2) is 29.3 Å². The van der Waals surface area contributed by atoms with Gasteiger partial charge < -0.3 is 15.7 Å². The van der Waals surface area contributed by atoms with Gasteiger partial charge in [-0.3, -0.25) is 0 Å². The normalized spacial score (nSPS) is 15.6. The maximum absolute atomic E-state index is 8.98. The quantitative estimate of drug-likeness (QED) is 0.815. The van der Waals surface area contributed by atoms with Gasteiger partial charge in [0.1, 0.15) is 5.82 Å². The zero-order chi connectivity index (χ0) is 12.3. The number of aromatic nitrogens is 1. The van der Waals surface area contributed by atoms with E-state index in [2.05, 4.69) is 9.88 Å². The van der Waals surface area contributed by atoms with Gasteiger partial charge >= 0.3 is 0 Å². The molecule has 3 N–H and O–H groups in total. The fourth-order valence-corrected chi connectivity index (χ4v) is 2.29. The minimum absolute atomic E-state index is 0.233. The summed E-state index contributed by atoms with van der Waals surface area (Å²) in [5.74, 6) is 1.03. The van der Waals surface area contributed by atoms with Gasteiger partial charge in [0.15, 0.2) is 0 Å². The number of nitrogens with zero attached hydrogens (tertiary/aromatic N) is 2. The van der Waals surface area contributed by atoms with Gasteiger partial charge in [0.2, 0.25) is 0 Å². The molecule has 17 heavy (non-hydrogen) atoms. The van der Waals surface area contributed by atoms with Crippen LogP contribution in [0.5, 0.6) is 0 Å². The largest absolute Gasteiger partial charge is 0.397 e. The zero-order valence-corrected chi connectivity index (χ0v) is 10.4. The van der Waals surface area contributed by atoms with Crippen molar-refractivity contribution in [2.24, 2.45) is 0 Å². The van der Waals surface area contributed by atoms with Gasteiger partial charge in [-0.05, 0) is 44.2 Å². The summed E-state index contributed by atoms with van der Waals surface area (Å²) in [7, 11) is 0. The molecule has 1 aromatic heterocycles. The van der Waals surface area contributed by atoms with Crippen LogP contribution in [0.15, 0.2) is 12.3 Å². The van der Waals surface area contributed by atoms with Crippen LogP contribution in [0.2, 0.25) is 0 Å². The number of nitrogens with two attached hydrogens (primary N) is 1. The first-order chi connectivity index (χ1) is 8.22. The Kier molecular flexibility index (Phi) is 3.84. The lowest BCUT2D eigenvalue weighted by atomic mass is 9.91. The Bertz CT molecular complexity index is 377. The average molecular weight is 235 g/mol. The van der Waals surface area contributed by atoms with E-state index in [1.807, 2.05) is 13.0 Å². The number of aryl methyl sites for hydroxylation is 1. The molecular weight excluding hydrogens is 214 g/mol. The molecule has 1 aromatic rings. The van der Waals surface area contributed by atoms with Crippen LogP contribution >= 0.6 is 0 Å². The molecule has 2 rings (SSSR count). The summed E-state index contributed by atoms with van der Waals surface area (Å²) < 4.78 is 0. The molecule has 1 fully saturated rings. The second-order valence-corrected chi connectivity index (χ2v) is 4.76. The van der Waals surface area contributed by atoms with Crippen molar-refractivity contribution in [1.29, 1.82) is 0 Å². The van der Waals surface area contributed by atoms with E-state index < -0.39 is 0 Å². The molecule has 0 saturated heterocycles. The van der Waals surface area contributed by atoms with Crippen molar-refractivity contribution < 1.29 is 5.11 Å². The zero-order valence-electron chi connectivity index (χ0n) is 10.4. The number of pyridine rings is 1. The van der Waals surface area contributed by atoms with Gasteiger partial charge in [-0.2, -0.15) is 0 Å². The monoisotopic (exact) mass is 235 g/mol. The maximum atomic E-state index is 8.98. The Morgan fingerprint density at radius 2 is 2.29 bits per heavy atom. The Balaban J connectivity index is 2.17. The second-order valence-electron chi connectivity index (χ2n) is 4.76. The number of rotatable bonds is 5. The SMILES string of the molecule is Cc1cc(N)cnc1N(CCCO)C1CCC1. The number of hydrogen-bond acceptors (Lipinski definition) is 4. The van der Waals surface area contributed by atoms with E-state index in [0.29, 0.717) is 11.7 Å². The van der Waals surface area contributed by atoms with Crippen molar-refractivity contribution in [2.75, 3.05) is 23.8 Å².